The fourth-order valence-corrected chi connectivity index (χ4v) is 3.41. The Morgan fingerprint density at radius 1 is 0.960 bits per heavy atom. The van der Waals surface area contributed by atoms with Crippen molar-refractivity contribution in [2.75, 3.05) is 0 Å². The molecule has 0 spiro atoms. The predicted octanol–water partition coefficient (Wildman–Crippen LogP) is 4.58. The number of allylic oxidation sites excluding steroid dienone is 2. The maximum absolute atomic E-state index is 13.7. The van der Waals surface area contributed by atoms with Gasteiger partial charge < -0.3 is 5.11 Å². The van der Waals surface area contributed by atoms with E-state index in [1.165, 1.54) is 13.8 Å². The molecule has 146 valence electrons. The number of hydrogen-bond acceptors (Lipinski definition) is 3. The van der Waals surface area contributed by atoms with Crippen molar-refractivity contribution in [1.82, 2.24) is 0 Å². The average molecular weight is 406 g/mol. The molecule has 0 saturated heterocycles. The fourth-order valence-electron chi connectivity index (χ4n) is 1.83. The third-order valence-electron chi connectivity index (χ3n) is 3.34. The van der Waals surface area contributed by atoms with Crippen LogP contribution in [0.25, 0.3) is 0 Å². The van der Waals surface area contributed by atoms with Crippen LogP contribution in [0.5, 0.6) is 0 Å². The molecule has 1 aliphatic rings. The Kier molecular flexibility index (Phi) is 4.80. The number of sulfone groups is 1. The Bertz CT molecular complexity index is 715. The van der Waals surface area contributed by atoms with Gasteiger partial charge in [-0.25, -0.2) is 8.42 Å². The fraction of sp³-hybridized carbons (Fsp3) is 0.667. The molecule has 3 nitrogen and oxygen atoms in total. The number of alkyl halides is 9. The minimum Gasteiger partial charge on any atom is -0.507 e. The van der Waals surface area contributed by atoms with Crippen LogP contribution < -0.4 is 0 Å². The Labute approximate surface area is 135 Å². The molecule has 1 aliphatic carbocycles. The Morgan fingerprint density at radius 2 is 1.40 bits per heavy atom. The van der Waals surface area contributed by atoms with Crippen LogP contribution in [0.1, 0.15) is 20.3 Å². The quantitative estimate of drug-likeness (QED) is 0.696. The van der Waals surface area contributed by atoms with Crippen molar-refractivity contribution in [3.63, 3.8) is 0 Å². The second-order valence-corrected chi connectivity index (χ2v) is 7.92. The van der Waals surface area contributed by atoms with Gasteiger partial charge in [0.2, 0.25) is 0 Å². The summed E-state index contributed by atoms with van der Waals surface area (Å²) in [5.74, 6) is -16.1. The van der Waals surface area contributed by atoms with Gasteiger partial charge in [-0.15, -0.1) is 0 Å². The zero-order chi connectivity index (χ0) is 20.3. The highest BCUT2D eigenvalue weighted by molar-refractivity contribution is 7.96. The standard InChI is InChI=1S/C12H11F9O3S/c1-8(2)4-3-6(22)7(5-8)25(23,24)12(20,21)10(15,16)9(13,14)11(17,18)19/h3,5,22H,4H2,1-2H3. The van der Waals surface area contributed by atoms with Crippen LogP contribution in [0.3, 0.4) is 0 Å². The first-order valence-electron chi connectivity index (χ1n) is 6.29. The molecule has 0 aliphatic heterocycles. The number of aliphatic hydroxyl groups excluding tert-OH is 1. The lowest BCUT2D eigenvalue weighted by molar-refractivity contribution is -0.382. The predicted molar refractivity (Wildman–Crippen MR) is 67.0 cm³/mol. The first kappa shape index (κ1) is 21.6. The van der Waals surface area contributed by atoms with Gasteiger partial charge in [0, 0.05) is 0 Å². The number of aliphatic hydroxyl groups is 1. The lowest BCUT2D eigenvalue weighted by Crippen LogP contribution is -2.63. The molecule has 0 saturated carbocycles. The normalized spacial score (nSPS) is 20.1. The highest BCUT2D eigenvalue weighted by Gasteiger charge is 2.85. The minimum atomic E-state index is -7.35. The van der Waals surface area contributed by atoms with E-state index in [1.807, 2.05) is 0 Å². The third-order valence-corrected chi connectivity index (χ3v) is 5.18. The van der Waals surface area contributed by atoms with Crippen LogP contribution in [0.2, 0.25) is 0 Å². The first-order chi connectivity index (χ1) is 10.7. The summed E-state index contributed by atoms with van der Waals surface area (Å²) < 4.78 is 139. The molecule has 0 aromatic rings. The van der Waals surface area contributed by atoms with Crippen LogP contribution in [0.4, 0.5) is 39.5 Å². The summed E-state index contributed by atoms with van der Waals surface area (Å²) in [4.78, 5) is -1.86. The molecule has 0 bridgehead atoms. The van der Waals surface area contributed by atoms with E-state index in [4.69, 9.17) is 0 Å². The summed E-state index contributed by atoms with van der Waals surface area (Å²) in [6.07, 6.45) is -6.25. The molecule has 0 aromatic heterocycles. The van der Waals surface area contributed by atoms with E-state index in [-0.39, 0.29) is 6.42 Å². The van der Waals surface area contributed by atoms with Crippen molar-refractivity contribution in [3.8, 4) is 0 Å². The summed E-state index contributed by atoms with van der Waals surface area (Å²) in [5.41, 5.74) is -1.27. The Balaban J connectivity index is 3.61. The molecule has 13 heteroatoms. The van der Waals surface area contributed by atoms with Crippen molar-refractivity contribution in [1.29, 1.82) is 0 Å². The number of hydrogen-bond donors (Lipinski definition) is 1. The van der Waals surface area contributed by atoms with Crippen molar-refractivity contribution >= 4 is 9.84 Å². The van der Waals surface area contributed by atoms with Gasteiger partial charge in [-0.3, -0.25) is 0 Å². The SMILES string of the molecule is CC1(C)C=C(S(=O)(=O)C(F)(F)C(F)(F)C(F)(F)C(F)(F)F)C(O)=CC1. The molecular formula is C12H11F9O3S. The molecule has 1 N–H and O–H groups in total. The average Bonchev–Trinajstić information content (AvgIpc) is 2.39. The number of halogens is 9. The van der Waals surface area contributed by atoms with Crippen LogP contribution in [-0.4, -0.2) is 36.8 Å². The Morgan fingerprint density at radius 3 is 1.80 bits per heavy atom. The van der Waals surface area contributed by atoms with Gasteiger partial charge in [-0.05, 0) is 17.9 Å². The van der Waals surface area contributed by atoms with Gasteiger partial charge in [0.05, 0.1) is 0 Å². The molecule has 0 unspecified atom stereocenters. The summed E-state index contributed by atoms with van der Waals surface area (Å²) in [6.45, 7) is 2.46. The maximum Gasteiger partial charge on any atom is 0.460 e. The smallest absolute Gasteiger partial charge is 0.460 e. The largest absolute Gasteiger partial charge is 0.507 e. The van der Waals surface area contributed by atoms with Gasteiger partial charge in [0.15, 0.2) is 0 Å². The topological polar surface area (TPSA) is 54.4 Å². The van der Waals surface area contributed by atoms with E-state index in [0.717, 1.165) is 0 Å². The van der Waals surface area contributed by atoms with Crippen molar-refractivity contribution in [3.05, 3.63) is 22.8 Å². The van der Waals surface area contributed by atoms with Crippen molar-refractivity contribution < 1.29 is 53.0 Å². The zero-order valence-corrected chi connectivity index (χ0v) is 13.3. The molecule has 25 heavy (non-hydrogen) atoms. The Hall–Kier alpha value is -1.40. The maximum atomic E-state index is 13.7. The first-order valence-corrected chi connectivity index (χ1v) is 7.78. The van der Waals surface area contributed by atoms with Crippen LogP contribution in [-0.2, 0) is 9.84 Å². The summed E-state index contributed by atoms with van der Waals surface area (Å²) in [6, 6.07) is 0. The molecule has 0 fully saturated rings. The van der Waals surface area contributed by atoms with E-state index in [9.17, 15) is 53.0 Å². The van der Waals surface area contributed by atoms with E-state index in [0.29, 0.717) is 12.2 Å². The van der Waals surface area contributed by atoms with Crippen LogP contribution >= 0.6 is 0 Å². The van der Waals surface area contributed by atoms with Crippen LogP contribution in [0.15, 0.2) is 22.8 Å². The summed E-state index contributed by atoms with van der Waals surface area (Å²) in [5, 5.41) is 2.49. The molecule has 0 atom stereocenters. The molecule has 0 radical (unpaired) electrons. The van der Waals surface area contributed by atoms with Gasteiger partial charge in [-0.2, -0.15) is 39.5 Å². The summed E-state index contributed by atoms with van der Waals surface area (Å²) >= 11 is 0. The molecule has 0 amide bonds. The second kappa shape index (κ2) is 5.55. The van der Waals surface area contributed by atoms with Crippen molar-refractivity contribution in [2.24, 2.45) is 5.41 Å². The van der Waals surface area contributed by atoms with E-state index >= 15 is 0 Å². The van der Waals surface area contributed by atoms with Gasteiger partial charge >= 0.3 is 23.3 Å². The van der Waals surface area contributed by atoms with Crippen LogP contribution in [0, 0.1) is 5.41 Å². The number of rotatable bonds is 4. The summed E-state index contributed by atoms with van der Waals surface area (Å²) in [7, 11) is -6.80. The lowest BCUT2D eigenvalue weighted by atomic mass is 9.86. The van der Waals surface area contributed by atoms with E-state index < -0.39 is 49.2 Å². The van der Waals surface area contributed by atoms with E-state index in [2.05, 4.69) is 0 Å². The van der Waals surface area contributed by atoms with Gasteiger partial charge in [-0.1, -0.05) is 19.9 Å². The molecule has 0 heterocycles. The molecular weight excluding hydrogens is 395 g/mol. The van der Waals surface area contributed by atoms with Crippen molar-refractivity contribution in [2.45, 2.75) is 43.5 Å². The third kappa shape index (κ3) is 3.10. The highest BCUT2D eigenvalue weighted by atomic mass is 32.2. The minimum absolute atomic E-state index is 0.126. The van der Waals surface area contributed by atoms with Gasteiger partial charge in [0.25, 0.3) is 9.84 Å². The van der Waals surface area contributed by atoms with E-state index in [1.54, 1.807) is 0 Å². The van der Waals surface area contributed by atoms with Gasteiger partial charge in [0.1, 0.15) is 10.7 Å². The monoisotopic (exact) mass is 406 g/mol. The highest BCUT2D eigenvalue weighted by Crippen LogP contribution is 2.56. The lowest BCUT2D eigenvalue weighted by Gasteiger charge is -2.34. The zero-order valence-electron chi connectivity index (χ0n) is 12.4. The molecule has 0 aromatic carbocycles. The molecule has 1 rings (SSSR count). The second-order valence-electron chi connectivity index (χ2n) is 5.96.